The van der Waals surface area contributed by atoms with Gasteiger partial charge in [-0.2, -0.15) is 0 Å². The SMILES string of the molecule is c1ccc(CN(C[C]2CC2)Cc2ccccc2)cc1. The van der Waals surface area contributed by atoms with Crippen molar-refractivity contribution in [2.75, 3.05) is 6.54 Å². The molecular weight excluding hydrogens is 230 g/mol. The molecule has 1 nitrogen and oxygen atoms in total. The lowest BCUT2D eigenvalue weighted by molar-refractivity contribution is 0.274. The first kappa shape index (κ1) is 12.4. The van der Waals surface area contributed by atoms with Crippen LogP contribution in [0.4, 0.5) is 0 Å². The van der Waals surface area contributed by atoms with E-state index in [4.69, 9.17) is 0 Å². The molecule has 0 spiro atoms. The summed E-state index contributed by atoms with van der Waals surface area (Å²) in [6, 6.07) is 21.5. The summed E-state index contributed by atoms with van der Waals surface area (Å²) < 4.78 is 0. The van der Waals surface area contributed by atoms with Crippen LogP contribution in [0.3, 0.4) is 0 Å². The van der Waals surface area contributed by atoms with E-state index < -0.39 is 0 Å². The third-order valence-electron chi connectivity index (χ3n) is 3.55. The van der Waals surface area contributed by atoms with E-state index in [1.54, 1.807) is 5.92 Å². The van der Waals surface area contributed by atoms with E-state index in [1.165, 1.54) is 24.0 Å². The lowest BCUT2D eigenvalue weighted by Crippen LogP contribution is -2.24. The second-order valence-corrected chi connectivity index (χ2v) is 5.37. The van der Waals surface area contributed by atoms with Gasteiger partial charge in [-0.25, -0.2) is 0 Å². The predicted molar refractivity (Wildman–Crippen MR) is 79.5 cm³/mol. The molecule has 0 aromatic heterocycles. The zero-order valence-electron chi connectivity index (χ0n) is 11.3. The first-order valence-corrected chi connectivity index (χ1v) is 7.04. The Labute approximate surface area is 115 Å². The van der Waals surface area contributed by atoms with Gasteiger partial charge in [0.1, 0.15) is 0 Å². The van der Waals surface area contributed by atoms with E-state index in [1.807, 2.05) is 0 Å². The molecule has 19 heavy (non-hydrogen) atoms. The molecule has 1 aliphatic rings. The number of nitrogens with zero attached hydrogens (tertiary/aromatic N) is 1. The monoisotopic (exact) mass is 250 g/mol. The van der Waals surface area contributed by atoms with Gasteiger partial charge in [0.05, 0.1) is 0 Å². The summed E-state index contributed by atoms with van der Waals surface area (Å²) in [5, 5.41) is 0. The summed E-state index contributed by atoms with van der Waals surface area (Å²) in [5.74, 6) is 1.70. The maximum atomic E-state index is 2.55. The van der Waals surface area contributed by atoms with E-state index in [-0.39, 0.29) is 0 Å². The van der Waals surface area contributed by atoms with Crippen LogP contribution >= 0.6 is 0 Å². The quantitative estimate of drug-likeness (QED) is 0.747. The molecule has 0 saturated heterocycles. The Kier molecular flexibility index (Phi) is 3.95. The minimum atomic E-state index is 1.04. The highest BCUT2D eigenvalue weighted by atomic mass is 15.1. The lowest BCUT2D eigenvalue weighted by Gasteiger charge is -2.22. The fourth-order valence-corrected chi connectivity index (χ4v) is 2.41. The maximum absolute atomic E-state index is 2.55. The Balaban J connectivity index is 1.66. The van der Waals surface area contributed by atoms with Gasteiger partial charge >= 0.3 is 0 Å². The summed E-state index contributed by atoms with van der Waals surface area (Å²) in [7, 11) is 0. The van der Waals surface area contributed by atoms with Crippen molar-refractivity contribution in [1.29, 1.82) is 0 Å². The number of hydrogen-bond donors (Lipinski definition) is 0. The van der Waals surface area contributed by atoms with Gasteiger partial charge in [-0.15, -0.1) is 0 Å². The Hall–Kier alpha value is -1.60. The molecule has 2 aromatic carbocycles. The molecule has 1 saturated carbocycles. The van der Waals surface area contributed by atoms with Crippen LogP contribution in [0.15, 0.2) is 60.7 Å². The Morgan fingerprint density at radius 2 is 1.11 bits per heavy atom. The number of benzene rings is 2. The molecule has 0 heterocycles. The van der Waals surface area contributed by atoms with E-state index >= 15 is 0 Å². The fraction of sp³-hybridized carbons (Fsp3) is 0.278. The predicted octanol–water partition coefficient (Wildman–Crippen LogP) is 4.06. The van der Waals surface area contributed by atoms with Crippen molar-refractivity contribution in [2.45, 2.75) is 25.9 Å². The molecule has 0 amide bonds. The summed E-state index contributed by atoms with van der Waals surface area (Å²) in [6.07, 6.45) is 2.67. The molecule has 1 radical (unpaired) electrons. The average molecular weight is 250 g/mol. The Morgan fingerprint density at radius 1 is 0.632 bits per heavy atom. The molecule has 0 unspecified atom stereocenters. The summed E-state index contributed by atoms with van der Waals surface area (Å²) in [4.78, 5) is 2.55. The molecule has 97 valence electrons. The van der Waals surface area contributed by atoms with Crippen molar-refractivity contribution in [3.8, 4) is 0 Å². The smallest absolute Gasteiger partial charge is 0.0237 e. The normalized spacial score (nSPS) is 14.8. The maximum Gasteiger partial charge on any atom is 0.0237 e. The highest BCUT2D eigenvalue weighted by Gasteiger charge is 2.25. The third-order valence-corrected chi connectivity index (χ3v) is 3.55. The van der Waals surface area contributed by atoms with Crippen LogP contribution in [0.25, 0.3) is 0 Å². The second-order valence-electron chi connectivity index (χ2n) is 5.37. The highest BCUT2D eigenvalue weighted by molar-refractivity contribution is 5.18. The Morgan fingerprint density at radius 3 is 1.53 bits per heavy atom. The van der Waals surface area contributed by atoms with E-state index in [2.05, 4.69) is 65.6 Å². The summed E-state index contributed by atoms with van der Waals surface area (Å²) in [6.45, 7) is 3.24. The molecule has 0 atom stereocenters. The third kappa shape index (κ3) is 3.93. The highest BCUT2D eigenvalue weighted by Crippen LogP contribution is 2.33. The van der Waals surface area contributed by atoms with Crippen molar-refractivity contribution >= 4 is 0 Å². The van der Waals surface area contributed by atoms with E-state index in [9.17, 15) is 0 Å². The molecule has 1 fully saturated rings. The molecule has 1 aliphatic carbocycles. The first-order valence-electron chi connectivity index (χ1n) is 7.04. The molecule has 0 N–H and O–H groups in total. The lowest BCUT2D eigenvalue weighted by atomic mass is 10.1. The van der Waals surface area contributed by atoms with Crippen molar-refractivity contribution in [1.82, 2.24) is 4.90 Å². The number of hydrogen-bond acceptors (Lipinski definition) is 1. The zero-order chi connectivity index (χ0) is 12.9. The molecule has 2 aromatic rings. The van der Waals surface area contributed by atoms with Gasteiger partial charge in [0, 0.05) is 19.6 Å². The minimum Gasteiger partial charge on any atom is -0.294 e. The van der Waals surface area contributed by atoms with Crippen molar-refractivity contribution in [3.63, 3.8) is 0 Å². The first-order chi connectivity index (χ1) is 9.40. The molecule has 0 aliphatic heterocycles. The van der Waals surface area contributed by atoms with Crippen LogP contribution in [0.2, 0.25) is 0 Å². The van der Waals surface area contributed by atoms with Crippen LogP contribution in [0.5, 0.6) is 0 Å². The van der Waals surface area contributed by atoms with Crippen LogP contribution < -0.4 is 0 Å². The standard InChI is InChI=1S/C18H20N/c1-3-7-16(8-4-1)13-19(15-18-11-12-18)14-17-9-5-2-6-10-17/h1-10H,11-15H2. The molecule has 0 bridgehead atoms. The second kappa shape index (κ2) is 6.03. The Bertz CT molecular complexity index is 446. The molecule has 1 heteroatoms. The van der Waals surface area contributed by atoms with Crippen LogP contribution in [-0.4, -0.2) is 11.4 Å². The van der Waals surface area contributed by atoms with Crippen LogP contribution in [0.1, 0.15) is 24.0 Å². The zero-order valence-corrected chi connectivity index (χ0v) is 11.3. The van der Waals surface area contributed by atoms with E-state index in [0.717, 1.165) is 19.6 Å². The van der Waals surface area contributed by atoms with E-state index in [0.29, 0.717) is 0 Å². The minimum absolute atomic E-state index is 1.04. The van der Waals surface area contributed by atoms with Crippen molar-refractivity contribution < 1.29 is 0 Å². The van der Waals surface area contributed by atoms with Gasteiger partial charge in [0.2, 0.25) is 0 Å². The fourth-order valence-electron chi connectivity index (χ4n) is 2.41. The largest absolute Gasteiger partial charge is 0.294 e. The summed E-state index contributed by atoms with van der Waals surface area (Å²) >= 11 is 0. The van der Waals surface area contributed by atoms with Gasteiger partial charge in [0.15, 0.2) is 0 Å². The topological polar surface area (TPSA) is 3.24 Å². The van der Waals surface area contributed by atoms with Crippen LogP contribution in [-0.2, 0) is 13.1 Å². The van der Waals surface area contributed by atoms with Gasteiger partial charge in [-0.1, -0.05) is 60.7 Å². The van der Waals surface area contributed by atoms with Crippen molar-refractivity contribution in [3.05, 3.63) is 77.7 Å². The van der Waals surface area contributed by atoms with Crippen molar-refractivity contribution in [2.24, 2.45) is 0 Å². The van der Waals surface area contributed by atoms with Gasteiger partial charge in [0.25, 0.3) is 0 Å². The van der Waals surface area contributed by atoms with Gasteiger partial charge < -0.3 is 0 Å². The molecular formula is C18H20N. The summed E-state index contributed by atoms with van der Waals surface area (Å²) in [5.41, 5.74) is 2.80. The average Bonchev–Trinajstić information content (AvgIpc) is 3.25. The van der Waals surface area contributed by atoms with Gasteiger partial charge in [-0.05, 0) is 29.9 Å². The van der Waals surface area contributed by atoms with Gasteiger partial charge in [-0.3, -0.25) is 4.90 Å². The van der Waals surface area contributed by atoms with Crippen LogP contribution in [0, 0.1) is 5.92 Å². The molecule has 3 rings (SSSR count). The number of rotatable bonds is 6.